The van der Waals surface area contributed by atoms with E-state index in [-0.39, 0.29) is 29.2 Å². The van der Waals surface area contributed by atoms with E-state index in [9.17, 15) is 14.4 Å². The van der Waals surface area contributed by atoms with Crippen molar-refractivity contribution in [3.8, 4) is 0 Å². The van der Waals surface area contributed by atoms with E-state index in [4.69, 9.17) is 10.3 Å². The van der Waals surface area contributed by atoms with Gasteiger partial charge in [-0.1, -0.05) is 6.42 Å². The summed E-state index contributed by atoms with van der Waals surface area (Å²) < 4.78 is 21.9. The molecular formula is C20H19FN4O4. The van der Waals surface area contributed by atoms with Gasteiger partial charge in [-0.25, -0.2) is 9.18 Å². The number of carbonyl (C=O) groups is 2. The molecule has 0 atom stereocenters. The highest BCUT2D eigenvalue weighted by Gasteiger charge is 2.47. The highest BCUT2D eigenvalue weighted by Crippen LogP contribution is 2.47. The number of esters is 1. The highest BCUT2D eigenvalue weighted by molar-refractivity contribution is 5.95. The summed E-state index contributed by atoms with van der Waals surface area (Å²) in [6.07, 6.45) is 4.67. The summed E-state index contributed by atoms with van der Waals surface area (Å²) in [6, 6.07) is 2.68. The molecule has 0 spiro atoms. The van der Waals surface area contributed by atoms with Gasteiger partial charge in [0.2, 0.25) is 11.3 Å². The van der Waals surface area contributed by atoms with Crippen LogP contribution in [0.3, 0.4) is 0 Å². The first-order valence-electron chi connectivity index (χ1n) is 9.58. The fourth-order valence-electron chi connectivity index (χ4n) is 4.01. The van der Waals surface area contributed by atoms with Crippen molar-refractivity contribution in [1.29, 1.82) is 0 Å². The first-order chi connectivity index (χ1) is 13.9. The number of benzene rings is 1. The van der Waals surface area contributed by atoms with Crippen molar-refractivity contribution >= 4 is 22.8 Å². The second-order valence-corrected chi connectivity index (χ2v) is 7.51. The highest BCUT2D eigenvalue weighted by atomic mass is 19.1. The number of rotatable bonds is 5. The second-order valence-electron chi connectivity index (χ2n) is 7.51. The molecule has 2 aliphatic rings. The number of nitrogens with zero attached hydrogens (tertiary/aromatic N) is 4. The summed E-state index contributed by atoms with van der Waals surface area (Å²) in [5.41, 5.74) is 7.30. The summed E-state index contributed by atoms with van der Waals surface area (Å²) in [6.45, 7) is 1.76. The number of ether oxygens (including phenoxy) is 1. The lowest BCUT2D eigenvalue weighted by atomic mass is 9.63. The molecule has 9 heteroatoms. The van der Waals surface area contributed by atoms with Crippen LogP contribution in [-0.2, 0) is 14.9 Å². The van der Waals surface area contributed by atoms with Crippen molar-refractivity contribution < 1.29 is 18.7 Å². The van der Waals surface area contributed by atoms with Crippen LogP contribution in [0, 0.1) is 5.82 Å². The normalized spacial score (nSPS) is 17.3. The van der Waals surface area contributed by atoms with E-state index in [1.54, 1.807) is 11.5 Å². The zero-order chi connectivity index (χ0) is 20.8. The SMILES string of the molecule is CCOC(=O)c1cn(C2CC2)c2cc(C3(C(=O)N=[N+]=[N-])CCC3)c(F)cc2c1=O. The van der Waals surface area contributed by atoms with Crippen LogP contribution in [0.25, 0.3) is 21.3 Å². The van der Waals surface area contributed by atoms with E-state index in [2.05, 4.69) is 10.0 Å². The van der Waals surface area contributed by atoms with Crippen LogP contribution >= 0.6 is 0 Å². The van der Waals surface area contributed by atoms with Crippen LogP contribution in [0.4, 0.5) is 4.39 Å². The molecule has 0 unspecified atom stereocenters. The van der Waals surface area contributed by atoms with Gasteiger partial charge in [-0.3, -0.25) is 9.59 Å². The van der Waals surface area contributed by atoms with E-state index >= 15 is 4.39 Å². The molecular weight excluding hydrogens is 379 g/mol. The number of hydrogen-bond acceptors (Lipinski definition) is 4. The zero-order valence-electron chi connectivity index (χ0n) is 15.9. The topological polar surface area (TPSA) is 114 Å². The maximum atomic E-state index is 15.1. The second kappa shape index (κ2) is 7.00. The number of carbonyl (C=O) groups excluding carboxylic acids is 2. The lowest BCUT2D eigenvalue weighted by molar-refractivity contribution is -0.126. The summed E-state index contributed by atoms with van der Waals surface area (Å²) in [7, 11) is 0. The smallest absolute Gasteiger partial charge is 0.343 e. The third kappa shape index (κ3) is 2.98. The Morgan fingerprint density at radius 2 is 2.10 bits per heavy atom. The molecule has 2 saturated carbocycles. The number of amides is 1. The summed E-state index contributed by atoms with van der Waals surface area (Å²) >= 11 is 0. The fraction of sp³-hybridized carbons (Fsp3) is 0.450. The molecule has 0 saturated heterocycles. The standard InChI is InChI=1S/C20H19FN4O4/c1-2-29-18(27)13-10-25(11-4-5-11)16-9-14(15(21)8-12(16)17(13)26)20(6-3-7-20)19(28)23-24-22/h8-11H,2-7H2,1H3. The van der Waals surface area contributed by atoms with Gasteiger partial charge in [-0.05, 0) is 55.4 Å². The number of pyridine rings is 1. The van der Waals surface area contributed by atoms with Gasteiger partial charge in [-0.2, -0.15) is 0 Å². The number of azide groups is 1. The average molecular weight is 398 g/mol. The lowest BCUT2D eigenvalue weighted by Crippen LogP contribution is -2.42. The predicted octanol–water partition coefficient (Wildman–Crippen LogP) is 3.91. The minimum atomic E-state index is -1.20. The number of halogens is 1. The van der Waals surface area contributed by atoms with Gasteiger partial charge in [0.05, 0.1) is 17.5 Å². The van der Waals surface area contributed by atoms with Crippen molar-refractivity contribution in [2.45, 2.75) is 50.5 Å². The molecule has 4 rings (SSSR count). The number of hydrogen-bond donors (Lipinski definition) is 0. The largest absolute Gasteiger partial charge is 0.462 e. The van der Waals surface area contributed by atoms with Crippen LogP contribution in [0.5, 0.6) is 0 Å². The molecule has 150 valence electrons. The Balaban J connectivity index is 1.96. The van der Waals surface area contributed by atoms with Crippen molar-refractivity contribution in [1.82, 2.24) is 4.57 Å². The van der Waals surface area contributed by atoms with Crippen LogP contribution in [0.1, 0.15) is 61.0 Å². The van der Waals surface area contributed by atoms with Gasteiger partial charge in [0, 0.05) is 28.1 Å². The van der Waals surface area contributed by atoms with Gasteiger partial charge >= 0.3 is 5.97 Å². The molecule has 2 fully saturated rings. The van der Waals surface area contributed by atoms with Gasteiger partial charge in [0.15, 0.2) is 0 Å². The quantitative estimate of drug-likeness (QED) is 0.329. The molecule has 0 aliphatic heterocycles. The lowest BCUT2D eigenvalue weighted by Gasteiger charge is -2.39. The van der Waals surface area contributed by atoms with E-state index in [0.29, 0.717) is 24.8 Å². The van der Waals surface area contributed by atoms with Crippen molar-refractivity contribution in [2.24, 2.45) is 5.11 Å². The fourth-order valence-corrected chi connectivity index (χ4v) is 4.01. The maximum absolute atomic E-state index is 15.1. The molecule has 1 aromatic heterocycles. The zero-order valence-corrected chi connectivity index (χ0v) is 15.9. The Hall–Kier alpha value is -3.19. The van der Waals surface area contributed by atoms with E-state index in [1.807, 2.05) is 0 Å². The van der Waals surface area contributed by atoms with Crippen LogP contribution in [0.2, 0.25) is 0 Å². The molecule has 1 amide bonds. The van der Waals surface area contributed by atoms with Crippen molar-refractivity contribution in [2.75, 3.05) is 6.61 Å². The summed E-state index contributed by atoms with van der Waals surface area (Å²) in [5.74, 6) is -2.18. The van der Waals surface area contributed by atoms with Gasteiger partial charge < -0.3 is 9.30 Å². The Labute approximate surface area is 164 Å². The molecule has 1 aromatic carbocycles. The Morgan fingerprint density at radius 1 is 1.38 bits per heavy atom. The summed E-state index contributed by atoms with van der Waals surface area (Å²) in [5, 5.41) is 3.27. The minimum absolute atomic E-state index is 0.0643. The summed E-state index contributed by atoms with van der Waals surface area (Å²) in [4.78, 5) is 40.1. The monoisotopic (exact) mass is 398 g/mol. The third-order valence-electron chi connectivity index (χ3n) is 5.82. The van der Waals surface area contributed by atoms with Crippen molar-refractivity contribution in [3.05, 3.63) is 55.9 Å². The van der Waals surface area contributed by atoms with Crippen LogP contribution in [0.15, 0.2) is 28.2 Å². The Morgan fingerprint density at radius 3 is 2.66 bits per heavy atom. The van der Waals surface area contributed by atoms with E-state index in [0.717, 1.165) is 18.9 Å². The van der Waals surface area contributed by atoms with E-state index in [1.165, 1.54) is 12.3 Å². The van der Waals surface area contributed by atoms with E-state index < -0.39 is 28.5 Å². The molecule has 0 N–H and O–H groups in total. The average Bonchev–Trinajstić information content (AvgIpc) is 3.47. The Bertz CT molecular complexity index is 1140. The van der Waals surface area contributed by atoms with Crippen LogP contribution < -0.4 is 5.43 Å². The molecule has 29 heavy (non-hydrogen) atoms. The molecule has 1 heterocycles. The number of aromatic nitrogens is 1. The van der Waals surface area contributed by atoms with Gasteiger partial charge in [0.25, 0.3) is 0 Å². The minimum Gasteiger partial charge on any atom is -0.462 e. The molecule has 2 aromatic rings. The first-order valence-corrected chi connectivity index (χ1v) is 9.58. The van der Waals surface area contributed by atoms with Crippen LogP contribution in [-0.4, -0.2) is 23.1 Å². The molecule has 0 radical (unpaired) electrons. The molecule has 8 nitrogen and oxygen atoms in total. The maximum Gasteiger partial charge on any atom is 0.343 e. The van der Waals surface area contributed by atoms with Gasteiger partial charge in [-0.15, -0.1) is 0 Å². The van der Waals surface area contributed by atoms with Gasteiger partial charge in [0.1, 0.15) is 11.4 Å². The molecule has 2 aliphatic carbocycles. The first kappa shape index (κ1) is 19.1. The number of fused-ring (bicyclic) bond motifs is 1. The Kier molecular flexibility index (Phi) is 4.62. The van der Waals surface area contributed by atoms with Crippen molar-refractivity contribution in [3.63, 3.8) is 0 Å². The molecule has 0 bridgehead atoms. The predicted molar refractivity (Wildman–Crippen MR) is 102 cm³/mol. The third-order valence-corrected chi connectivity index (χ3v) is 5.82.